The molecule has 0 N–H and O–H groups in total. The Hall–Kier alpha value is -1.62. The molecule has 2 heteroatoms. The van der Waals surface area contributed by atoms with Gasteiger partial charge in [0.1, 0.15) is 0 Å². The Balaban J connectivity index is 0.00000225. The van der Waals surface area contributed by atoms with Crippen LogP contribution in [0.15, 0.2) is 91.0 Å². The SMILES string of the molecule is CCCCC[PH](c1ccccc1)(c1ccccc1)c1ccccc1.Cl. The van der Waals surface area contributed by atoms with Gasteiger partial charge in [0.15, 0.2) is 0 Å². The molecule has 0 aliphatic heterocycles. The number of halogens is 1. The number of hydrogen-bond donors (Lipinski definition) is 0. The minimum absolute atomic E-state index is 0. The van der Waals surface area contributed by atoms with E-state index >= 15 is 0 Å². The maximum Gasteiger partial charge on any atom is -0.147 e. The smallest absolute Gasteiger partial charge is 0.147 e. The molecule has 0 saturated carbocycles. The Morgan fingerprint density at radius 3 is 1.24 bits per heavy atom. The zero-order valence-corrected chi connectivity index (χ0v) is 16.7. The zero-order valence-electron chi connectivity index (χ0n) is 14.9. The van der Waals surface area contributed by atoms with Gasteiger partial charge < -0.3 is 0 Å². The summed E-state index contributed by atoms with van der Waals surface area (Å²) in [6.07, 6.45) is 5.14. The van der Waals surface area contributed by atoms with E-state index in [1.54, 1.807) is 0 Å². The van der Waals surface area contributed by atoms with Gasteiger partial charge in [-0.25, -0.2) is 0 Å². The Bertz CT molecular complexity index is 629. The van der Waals surface area contributed by atoms with Gasteiger partial charge in [-0.1, -0.05) is 0 Å². The molecule has 0 unspecified atom stereocenters. The first-order valence-corrected chi connectivity index (χ1v) is 11.2. The minimum Gasteiger partial charge on any atom is -0.147 e. The number of benzene rings is 3. The molecule has 0 aliphatic carbocycles. The van der Waals surface area contributed by atoms with Crippen molar-refractivity contribution < 1.29 is 0 Å². The summed E-state index contributed by atoms with van der Waals surface area (Å²) in [5, 5.41) is 4.58. The van der Waals surface area contributed by atoms with Gasteiger partial charge in [0.25, 0.3) is 0 Å². The third kappa shape index (κ3) is 4.32. The summed E-state index contributed by atoms with van der Waals surface area (Å²) in [7, 11) is -1.96. The molecule has 3 aromatic carbocycles. The van der Waals surface area contributed by atoms with Crippen LogP contribution < -0.4 is 15.9 Å². The number of unbranched alkanes of at least 4 members (excludes halogenated alkanes) is 2. The van der Waals surface area contributed by atoms with Crippen molar-refractivity contribution in [2.24, 2.45) is 0 Å². The largest absolute Gasteiger partial charge is 0.147 e. The van der Waals surface area contributed by atoms with Crippen LogP contribution in [-0.2, 0) is 0 Å². The van der Waals surface area contributed by atoms with Crippen molar-refractivity contribution in [3.63, 3.8) is 0 Å². The van der Waals surface area contributed by atoms with Crippen LogP contribution in [0.3, 0.4) is 0 Å². The van der Waals surface area contributed by atoms with E-state index in [0.29, 0.717) is 0 Å². The van der Waals surface area contributed by atoms with Gasteiger partial charge in [-0.2, -0.15) is 0 Å². The fraction of sp³-hybridized carbons (Fsp3) is 0.217. The van der Waals surface area contributed by atoms with E-state index in [4.69, 9.17) is 0 Å². The van der Waals surface area contributed by atoms with Crippen molar-refractivity contribution in [1.82, 2.24) is 0 Å². The number of rotatable bonds is 7. The molecular weight excluding hydrogens is 343 g/mol. The number of hydrogen-bond acceptors (Lipinski definition) is 0. The van der Waals surface area contributed by atoms with Crippen molar-refractivity contribution in [2.75, 3.05) is 6.16 Å². The Morgan fingerprint density at radius 2 is 0.920 bits per heavy atom. The second kappa shape index (κ2) is 9.76. The molecule has 0 fully saturated rings. The van der Waals surface area contributed by atoms with Crippen LogP contribution in [0.4, 0.5) is 0 Å². The van der Waals surface area contributed by atoms with Crippen molar-refractivity contribution in [2.45, 2.75) is 26.2 Å². The first-order chi connectivity index (χ1) is 11.9. The van der Waals surface area contributed by atoms with Crippen LogP contribution in [-0.4, -0.2) is 6.16 Å². The van der Waals surface area contributed by atoms with Gasteiger partial charge >= 0.3 is 147 Å². The Labute approximate surface area is 159 Å². The van der Waals surface area contributed by atoms with Gasteiger partial charge in [0, 0.05) is 0 Å². The summed E-state index contributed by atoms with van der Waals surface area (Å²) >= 11 is 0. The summed E-state index contributed by atoms with van der Waals surface area (Å²) in [4.78, 5) is 0. The zero-order chi connectivity index (χ0) is 16.7. The molecule has 25 heavy (non-hydrogen) atoms. The molecule has 3 aromatic rings. The topological polar surface area (TPSA) is 0 Å². The summed E-state index contributed by atoms with van der Waals surface area (Å²) in [6, 6.07) is 33.6. The maximum atomic E-state index is 2.35. The first kappa shape index (κ1) is 19.7. The van der Waals surface area contributed by atoms with E-state index in [1.165, 1.54) is 41.3 Å². The molecule has 0 heterocycles. The summed E-state index contributed by atoms with van der Waals surface area (Å²) < 4.78 is 0. The third-order valence-electron chi connectivity index (χ3n) is 4.96. The molecule has 0 bridgehead atoms. The molecule has 0 radical (unpaired) electrons. The van der Waals surface area contributed by atoms with E-state index in [-0.39, 0.29) is 12.4 Å². The van der Waals surface area contributed by atoms with Gasteiger partial charge in [-0.15, -0.1) is 12.4 Å². The molecule has 0 spiro atoms. The maximum absolute atomic E-state index is 2.35. The van der Waals surface area contributed by atoms with Crippen molar-refractivity contribution >= 4 is 35.6 Å². The van der Waals surface area contributed by atoms with Crippen LogP contribution >= 0.6 is 19.7 Å². The van der Waals surface area contributed by atoms with E-state index in [2.05, 4.69) is 97.9 Å². The molecule has 132 valence electrons. The first-order valence-electron chi connectivity index (χ1n) is 9.04. The predicted octanol–water partition coefficient (Wildman–Crippen LogP) is 5.32. The average Bonchev–Trinajstić information content (AvgIpc) is 2.68. The van der Waals surface area contributed by atoms with Crippen LogP contribution in [0, 0.1) is 0 Å². The molecule has 0 amide bonds. The van der Waals surface area contributed by atoms with Crippen molar-refractivity contribution in [1.29, 1.82) is 0 Å². The van der Waals surface area contributed by atoms with Crippen molar-refractivity contribution in [3.8, 4) is 0 Å². The van der Waals surface area contributed by atoms with Crippen LogP contribution in [0.1, 0.15) is 26.2 Å². The van der Waals surface area contributed by atoms with E-state index in [1.807, 2.05) is 0 Å². The normalized spacial score (nSPS) is 11.6. The molecule has 0 aliphatic rings. The Kier molecular flexibility index (Phi) is 7.69. The van der Waals surface area contributed by atoms with Crippen LogP contribution in [0.2, 0.25) is 0 Å². The average molecular weight is 371 g/mol. The summed E-state index contributed by atoms with van der Waals surface area (Å²) in [6.45, 7) is 2.29. The van der Waals surface area contributed by atoms with Crippen molar-refractivity contribution in [3.05, 3.63) is 91.0 Å². The fourth-order valence-corrected chi connectivity index (χ4v) is 8.67. The van der Waals surface area contributed by atoms with Gasteiger partial charge in [0.05, 0.1) is 0 Å². The van der Waals surface area contributed by atoms with E-state index < -0.39 is 7.26 Å². The minimum atomic E-state index is -1.96. The fourth-order valence-electron chi connectivity index (χ4n) is 3.74. The van der Waals surface area contributed by atoms with Crippen LogP contribution in [0.25, 0.3) is 0 Å². The van der Waals surface area contributed by atoms with E-state index in [9.17, 15) is 0 Å². The quantitative estimate of drug-likeness (QED) is 0.390. The molecular formula is C23H28ClP. The molecule has 0 aromatic heterocycles. The summed E-state index contributed by atoms with van der Waals surface area (Å²) in [5.41, 5.74) is 0. The second-order valence-corrected chi connectivity index (χ2v) is 10.5. The van der Waals surface area contributed by atoms with Gasteiger partial charge in [-0.3, -0.25) is 0 Å². The van der Waals surface area contributed by atoms with Crippen LogP contribution in [0.5, 0.6) is 0 Å². The van der Waals surface area contributed by atoms with Gasteiger partial charge in [0.2, 0.25) is 0 Å². The van der Waals surface area contributed by atoms with E-state index in [0.717, 1.165) is 0 Å². The molecule has 0 atom stereocenters. The standard InChI is InChI=1S/C23H27P.ClH/c1-2-3-13-20-24(21-14-7-4-8-15-21,22-16-9-5-10-17-22)23-18-11-6-12-19-23;/h4-12,14-19,24H,2-3,13,20H2,1H3;1H. The monoisotopic (exact) mass is 370 g/mol. The molecule has 0 nitrogen and oxygen atoms in total. The van der Waals surface area contributed by atoms with Gasteiger partial charge in [-0.05, 0) is 0 Å². The molecule has 3 rings (SSSR count). The second-order valence-electron chi connectivity index (χ2n) is 6.46. The third-order valence-corrected chi connectivity index (χ3v) is 10.0. The summed E-state index contributed by atoms with van der Waals surface area (Å²) in [5.74, 6) is 0. The predicted molar refractivity (Wildman–Crippen MR) is 118 cm³/mol. The molecule has 0 saturated heterocycles. The Morgan fingerprint density at radius 1 is 0.560 bits per heavy atom.